The molecule has 0 radical (unpaired) electrons. The summed E-state index contributed by atoms with van der Waals surface area (Å²) < 4.78 is 5.41. The van der Waals surface area contributed by atoms with Crippen molar-refractivity contribution in [3.63, 3.8) is 0 Å². The zero-order valence-electron chi connectivity index (χ0n) is 14.6. The molecular weight excluding hydrogens is 396 g/mol. The molecule has 1 aromatic heterocycles. The fourth-order valence-electron chi connectivity index (χ4n) is 2.85. The van der Waals surface area contributed by atoms with Gasteiger partial charge in [-0.2, -0.15) is 0 Å². The lowest BCUT2D eigenvalue weighted by Gasteiger charge is -2.13. The zero-order valence-corrected chi connectivity index (χ0v) is 16.2. The Kier molecular flexibility index (Phi) is 5.23. The van der Waals surface area contributed by atoms with Gasteiger partial charge in [0.15, 0.2) is 17.5 Å². The number of rotatable bonds is 5. The minimum atomic E-state index is -0.329. The molecule has 5 nitrogen and oxygen atoms in total. The first-order valence-electron chi connectivity index (χ1n) is 8.55. The van der Waals surface area contributed by atoms with Crippen LogP contribution in [-0.4, -0.2) is 23.3 Å². The molecule has 0 saturated heterocycles. The SMILES string of the molecule is O=C(COc1ccc(Cl)cc1)Nc1nc(C2=Cc3ccccc3CC2=O)cs1. The molecule has 0 bridgehead atoms. The first-order valence-corrected chi connectivity index (χ1v) is 9.81. The summed E-state index contributed by atoms with van der Waals surface area (Å²) in [7, 11) is 0. The summed E-state index contributed by atoms with van der Waals surface area (Å²) in [5, 5.41) is 5.49. The second kappa shape index (κ2) is 7.96. The van der Waals surface area contributed by atoms with E-state index in [1.807, 2.05) is 30.3 Å². The number of nitrogens with one attached hydrogen (secondary N) is 1. The van der Waals surface area contributed by atoms with E-state index in [2.05, 4.69) is 10.3 Å². The number of benzene rings is 2. The van der Waals surface area contributed by atoms with Crippen LogP contribution in [0.5, 0.6) is 5.75 Å². The largest absolute Gasteiger partial charge is 0.484 e. The maximum absolute atomic E-state index is 12.5. The number of carbonyl (C=O) groups is 2. The van der Waals surface area contributed by atoms with E-state index < -0.39 is 0 Å². The third kappa shape index (κ3) is 4.13. The molecule has 0 aliphatic heterocycles. The number of fused-ring (bicyclic) bond motifs is 1. The molecule has 0 unspecified atom stereocenters. The Bertz CT molecular complexity index is 1070. The summed E-state index contributed by atoms with van der Waals surface area (Å²) in [4.78, 5) is 28.9. The number of hydrogen-bond acceptors (Lipinski definition) is 5. The summed E-state index contributed by atoms with van der Waals surface area (Å²) in [5.41, 5.74) is 3.16. The van der Waals surface area contributed by atoms with Crippen LogP contribution in [-0.2, 0) is 16.0 Å². The maximum atomic E-state index is 12.5. The molecule has 2 aromatic carbocycles. The number of aromatic nitrogens is 1. The Morgan fingerprint density at radius 2 is 1.96 bits per heavy atom. The number of hydrogen-bond donors (Lipinski definition) is 1. The van der Waals surface area contributed by atoms with Gasteiger partial charge in [-0.1, -0.05) is 35.9 Å². The predicted molar refractivity (Wildman–Crippen MR) is 111 cm³/mol. The monoisotopic (exact) mass is 410 g/mol. The van der Waals surface area contributed by atoms with Gasteiger partial charge in [0.25, 0.3) is 5.91 Å². The molecule has 1 amide bonds. The fourth-order valence-corrected chi connectivity index (χ4v) is 3.70. The number of carbonyl (C=O) groups excluding carboxylic acids is 2. The van der Waals surface area contributed by atoms with Gasteiger partial charge in [0, 0.05) is 22.4 Å². The van der Waals surface area contributed by atoms with Crippen molar-refractivity contribution in [3.8, 4) is 5.75 Å². The molecule has 1 aliphatic carbocycles. The van der Waals surface area contributed by atoms with E-state index in [-0.39, 0.29) is 18.3 Å². The number of nitrogens with zero attached hydrogens (tertiary/aromatic N) is 1. The van der Waals surface area contributed by atoms with Crippen molar-refractivity contribution in [1.82, 2.24) is 4.98 Å². The molecule has 1 heterocycles. The van der Waals surface area contributed by atoms with Gasteiger partial charge in [0.2, 0.25) is 0 Å². The minimum absolute atomic E-state index is 0.0212. The molecule has 0 atom stereocenters. The van der Waals surface area contributed by atoms with Crippen LogP contribution in [0.1, 0.15) is 16.8 Å². The zero-order chi connectivity index (χ0) is 19.5. The Balaban J connectivity index is 1.42. The Morgan fingerprint density at radius 1 is 1.18 bits per heavy atom. The van der Waals surface area contributed by atoms with E-state index in [0.717, 1.165) is 11.1 Å². The quantitative estimate of drug-likeness (QED) is 0.673. The third-order valence-corrected chi connectivity index (χ3v) is 5.23. The molecular formula is C21H15ClN2O3S. The van der Waals surface area contributed by atoms with Crippen molar-refractivity contribution in [2.75, 3.05) is 11.9 Å². The van der Waals surface area contributed by atoms with E-state index in [0.29, 0.717) is 33.6 Å². The van der Waals surface area contributed by atoms with E-state index in [1.54, 1.807) is 29.6 Å². The van der Waals surface area contributed by atoms with Crippen molar-refractivity contribution < 1.29 is 14.3 Å². The number of Topliss-reactive ketones (excluding diaryl/α,β-unsaturated/α-hetero) is 1. The van der Waals surface area contributed by atoms with Crippen LogP contribution >= 0.6 is 22.9 Å². The van der Waals surface area contributed by atoms with Crippen LogP contribution in [0.2, 0.25) is 5.02 Å². The van der Waals surface area contributed by atoms with Gasteiger partial charge in [-0.25, -0.2) is 4.98 Å². The Morgan fingerprint density at radius 3 is 2.79 bits per heavy atom. The molecule has 28 heavy (non-hydrogen) atoms. The number of amides is 1. The number of thiazole rings is 1. The highest BCUT2D eigenvalue weighted by molar-refractivity contribution is 7.14. The minimum Gasteiger partial charge on any atom is -0.484 e. The molecule has 4 rings (SSSR count). The van der Waals surface area contributed by atoms with Crippen molar-refractivity contribution in [2.45, 2.75) is 6.42 Å². The van der Waals surface area contributed by atoms with Gasteiger partial charge in [-0.05, 0) is 41.5 Å². The molecule has 0 saturated carbocycles. The second-order valence-corrected chi connectivity index (χ2v) is 7.48. The van der Waals surface area contributed by atoms with Crippen molar-refractivity contribution >= 4 is 51.4 Å². The van der Waals surface area contributed by atoms with Crippen molar-refractivity contribution in [3.05, 3.63) is 75.8 Å². The number of ketones is 1. The number of anilines is 1. The van der Waals surface area contributed by atoms with E-state index >= 15 is 0 Å². The Labute approximate surface area is 170 Å². The first kappa shape index (κ1) is 18.4. The van der Waals surface area contributed by atoms with Gasteiger partial charge < -0.3 is 4.74 Å². The third-order valence-electron chi connectivity index (χ3n) is 4.22. The van der Waals surface area contributed by atoms with Crippen LogP contribution in [0.4, 0.5) is 5.13 Å². The lowest BCUT2D eigenvalue weighted by atomic mass is 9.90. The molecule has 140 valence electrons. The van der Waals surface area contributed by atoms with Gasteiger partial charge in [-0.3, -0.25) is 14.9 Å². The van der Waals surface area contributed by atoms with Crippen LogP contribution in [0.25, 0.3) is 11.6 Å². The van der Waals surface area contributed by atoms with Crippen LogP contribution < -0.4 is 10.1 Å². The molecule has 3 aromatic rings. The van der Waals surface area contributed by atoms with E-state index in [9.17, 15) is 9.59 Å². The summed E-state index contributed by atoms with van der Waals surface area (Å²) >= 11 is 7.09. The predicted octanol–water partition coefficient (Wildman–Crippen LogP) is 4.48. The van der Waals surface area contributed by atoms with Gasteiger partial charge >= 0.3 is 0 Å². The van der Waals surface area contributed by atoms with Gasteiger partial charge in [-0.15, -0.1) is 11.3 Å². The second-order valence-electron chi connectivity index (χ2n) is 6.19. The highest BCUT2D eigenvalue weighted by Crippen LogP contribution is 2.30. The number of ether oxygens (including phenoxy) is 1. The summed E-state index contributed by atoms with van der Waals surface area (Å²) in [5.74, 6) is 0.245. The van der Waals surface area contributed by atoms with Gasteiger partial charge in [0.1, 0.15) is 5.75 Å². The van der Waals surface area contributed by atoms with Crippen LogP contribution in [0.3, 0.4) is 0 Å². The van der Waals surface area contributed by atoms with Crippen molar-refractivity contribution in [1.29, 1.82) is 0 Å². The first-order chi connectivity index (χ1) is 13.6. The summed E-state index contributed by atoms with van der Waals surface area (Å²) in [6.07, 6.45) is 2.21. The average Bonchev–Trinajstić information content (AvgIpc) is 3.15. The highest BCUT2D eigenvalue weighted by Gasteiger charge is 2.21. The molecule has 0 fully saturated rings. The number of halogens is 1. The molecule has 0 spiro atoms. The van der Waals surface area contributed by atoms with Crippen molar-refractivity contribution in [2.24, 2.45) is 0 Å². The Hall–Kier alpha value is -2.96. The highest BCUT2D eigenvalue weighted by atomic mass is 35.5. The van der Waals surface area contributed by atoms with E-state index in [1.165, 1.54) is 11.3 Å². The lowest BCUT2D eigenvalue weighted by molar-refractivity contribution is -0.118. The molecule has 1 aliphatic rings. The molecule has 1 N–H and O–H groups in total. The molecule has 7 heteroatoms. The topological polar surface area (TPSA) is 68.3 Å². The number of allylic oxidation sites excluding steroid dienone is 1. The maximum Gasteiger partial charge on any atom is 0.264 e. The average molecular weight is 411 g/mol. The fraction of sp³-hybridized carbons (Fsp3) is 0.0952. The lowest BCUT2D eigenvalue weighted by Crippen LogP contribution is -2.20. The van der Waals surface area contributed by atoms with Crippen LogP contribution in [0, 0.1) is 0 Å². The standard InChI is InChI=1S/C21H15ClN2O3S/c22-15-5-7-16(8-6-15)27-11-20(26)24-21-23-18(12-28-21)17-9-13-3-1-2-4-14(13)10-19(17)25/h1-9,12H,10-11H2,(H,23,24,26). The van der Waals surface area contributed by atoms with Gasteiger partial charge in [0.05, 0.1) is 5.69 Å². The normalized spacial score (nSPS) is 12.9. The summed E-state index contributed by atoms with van der Waals surface area (Å²) in [6.45, 7) is -0.147. The van der Waals surface area contributed by atoms with Crippen LogP contribution in [0.15, 0.2) is 53.9 Å². The van der Waals surface area contributed by atoms with E-state index in [4.69, 9.17) is 16.3 Å². The smallest absolute Gasteiger partial charge is 0.264 e. The summed E-state index contributed by atoms with van der Waals surface area (Å²) in [6, 6.07) is 14.6.